The number of thiazole rings is 1. The number of unbranched alkanes of at least 4 members (excludes halogenated alkanes) is 3. The monoisotopic (exact) mass is 310 g/mol. The molecule has 0 spiro atoms. The molecular weight excluding hydrogens is 280 g/mol. The summed E-state index contributed by atoms with van der Waals surface area (Å²) in [5.74, 6) is 0.867. The van der Waals surface area contributed by atoms with Gasteiger partial charge in [-0.1, -0.05) is 39.5 Å². The lowest BCUT2D eigenvalue weighted by Crippen LogP contribution is -2.41. The first kappa shape index (κ1) is 18.0. The normalized spacial score (nSPS) is 13.2. The van der Waals surface area contributed by atoms with Gasteiger partial charge in [0.25, 0.3) is 0 Å². The molecule has 21 heavy (non-hydrogen) atoms. The first-order valence-corrected chi connectivity index (χ1v) is 8.92. The second-order valence-electron chi connectivity index (χ2n) is 5.39. The molecule has 0 fully saturated rings. The predicted octanol–water partition coefficient (Wildman–Crippen LogP) is 3.73. The van der Waals surface area contributed by atoms with Crippen LogP contribution < -0.4 is 10.6 Å². The molecule has 0 bridgehead atoms. The van der Waals surface area contributed by atoms with E-state index in [0.29, 0.717) is 6.04 Å². The standard InChI is InChI=1S/C16H30N4S/c1-5-7-8-9-10-13(3)20-16(17-4)19-12-15-18-11-14(6-2)21-15/h11,13H,5-10,12H2,1-4H3,(H2,17,19,20). The molecule has 0 aliphatic heterocycles. The molecule has 0 radical (unpaired) electrons. The Hall–Kier alpha value is -1.10. The molecule has 0 amide bonds. The maximum Gasteiger partial charge on any atom is 0.191 e. The molecule has 0 aliphatic rings. The minimum absolute atomic E-state index is 0.454. The SMILES string of the molecule is CCCCCCC(C)NC(=NC)NCc1ncc(CC)s1. The van der Waals surface area contributed by atoms with E-state index in [-0.39, 0.29) is 0 Å². The van der Waals surface area contributed by atoms with Gasteiger partial charge in [0.2, 0.25) is 0 Å². The van der Waals surface area contributed by atoms with Crippen LogP contribution in [0.3, 0.4) is 0 Å². The van der Waals surface area contributed by atoms with Crippen molar-refractivity contribution in [1.29, 1.82) is 0 Å². The smallest absolute Gasteiger partial charge is 0.191 e. The molecule has 120 valence electrons. The number of guanidine groups is 1. The first-order chi connectivity index (χ1) is 10.2. The minimum atomic E-state index is 0.454. The number of nitrogens with zero attached hydrogens (tertiary/aromatic N) is 2. The highest BCUT2D eigenvalue weighted by atomic mass is 32.1. The van der Waals surface area contributed by atoms with Crippen molar-refractivity contribution in [2.24, 2.45) is 4.99 Å². The van der Waals surface area contributed by atoms with Gasteiger partial charge in [-0.2, -0.15) is 0 Å². The molecule has 4 nitrogen and oxygen atoms in total. The van der Waals surface area contributed by atoms with Crippen LogP contribution >= 0.6 is 11.3 Å². The molecule has 1 aromatic rings. The third-order valence-electron chi connectivity index (χ3n) is 3.45. The molecule has 5 heteroatoms. The minimum Gasteiger partial charge on any atom is -0.354 e. The average Bonchev–Trinajstić information content (AvgIpc) is 2.96. The van der Waals surface area contributed by atoms with Crippen molar-refractivity contribution in [1.82, 2.24) is 15.6 Å². The Balaban J connectivity index is 2.27. The Morgan fingerprint density at radius 3 is 2.76 bits per heavy atom. The van der Waals surface area contributed by atoms with Crippen LogP contribution in [0.5, 0.6) is 0 Å². The third-order valence-corrected chi connectivity index (χ3v) is 4.60. The molecule has 0 aliphatic carbocycles. The molecule has 1 heterocycles. The highest BCUT2D eigenvalue weighted by Crippen LogP contribution is 2.12. The van der Waals surface area contributed by atoms with Crippen LogP contribution in [0.1, 0.15) is 62.8 Å². The van der Waals surface area contributed by atoms with Crippen LogP contribution in [0.15, 0.2) is 11.2 Å². The van der Waals surface area contributed by atoms with E-state index >= 15 is 0 Å². The van der Waals surface area contributed by atoms with E-state index in [9.17, 15) is 0 Å². The first-order valence-electron chi connectivity index (χ1n) is 8.10. The van der Waals surface area contributed by atoms with Gasteiger partial charge < -0.3 is 10.6 Å². The van der Waals surface area contributed by atoms with Gasteiger partial charge in [0.1, 0.15) is 5.01 Å². The van der Waals surface area contributed by atoms with Crippen LogP contribution in [0.4, 0.5) is 0 Å². The quantitative estimate of drug-likeness (QED) is 0.415. The third kappa shape index (κ3) is 7.46. The van der Waals surface area contributed by atoms with E-state index < -0.39 is 0 Å². The zero-order chi connectivity index (χ0) is 15.5. The van der Waals surface area contributed by atoms with E-state index in [4.69, 9.17) is 0 Å². The second kappa shape index (κ2) is 10.6. The van der Waals surface area contributed by atoms with Crippen LogP contribution in [0.25, 0.3) is 0 Å². The summed E-state index contributed by atoms with van der Waals surface area (Å²) in [5, 5.41) is 7.91. The fourth-order valence-electron chi connectivity index (χ4n) is 2.13. The van der Waals surface area contributed by atoms with Crippen LogP contribution in [-0.4, -0.2) is 24.0 Å². The Morgan fingerprint density at radius 1 is 1.33 bits per heavy atom. The lowest BCUT2D eigenvalue weighted by molar-refractivity contribution is 0.537. The predicted molar refractivity (Wildman–Crippen MR) is 93.0 cm³/mol. The number of rotatable bonds is 9. The second-order valence-corrected chi connectivity index (χ2v) is 6.59. The molecule has 1 atom stereocenters. The number of hydrogen-bond donors (Lipinski definition) is 2. The van der Waals surface area contributed by atoms with Gasteiger partial charge in [-0.3, -0.25) is 4.99 Å². The Kier molecular flexibility index (Phi) is 9.06. The van der Waals surface area contributed by atoms with Crippen molar-refractivity contribution in [2.75, 3.05) is 7.05 Å². The summed E-state index contributed by atoms with van der Waals surface area (Å²) >= 11 is 1.77. The summed E-state index contributed by atoms with van der Waals surface area (Å²) in [6, 6.07) is 0.454. The zero-order valence-corrected chi connectivity index (χ0v) is 14.7. The number of aryl methyl sites for hydroxylation is 1. The summed E-state index contributed by atoms with van der Waals surface area (Å²) < 4.78 is 0. The van der Waals surface area contributed by atoms with Crippen molar-refractivity contribution in [3.05, 3.63) is 16.1 Å². The molecule has 1 unspecified atom stereocenters. The molecule has 0 saturated heterocycles. The molecule has 2 N–H and O–H groups in total. The molecule has 1 aromatic heterocycles. The van der Waals surface area contributed by atoms with E-state index in [1.54, 1.807) is 11.3 Å². The van der Waals surface area contributed by atoms with Gasteiger partial charge >= 0.3 is 0 Å². The van der Waals surface area contributed by atoms with Crippen molar-refractivity contribution in [3.63, 3.8) is 0 Å². The number of nitrogens with one attached hydrogen (secondary N) is 2. The van der Waals surface area contributed by atoms with Crippen LogP contribution in [0.2, 0.25) is 0 Å². The lowest BCUT2D eigenvalue weighted by atomic mass is 10.1. The fraction of sp³-hybridized carbons (Fsp3) is 0.750. The van der Waals surface area contributed by atoms with E-state index in [2.05, 4.69) is 41.4 Å². The average molecular weight is 311 g/mol. The van der Waals surface area contributed by atoms with Gasteiger partial charge in [-0.05, 0) is 19.8 Å². The lowest BCUT2D eigenvalue weighted by Gasteiger charge is -2.17. The van der Waals surface area contributed by atoms with E-state index in [1.807, 2.05) is 13.2 Å². The summed E-state index contributed by atoms with van der Waals surface area (Å²) in [6.07, 6.45) is 9.45. The molecule has 0 saturated carbocycles. The van der Waals surface area contributed by atoms with E-state index in [0.717, 1.165) is 23.9 Å². The number of hydrogen-bond acceptors (Lipinski definition) is 3. The van der Waals surface area contributed by atoms with Crippen molar-refractivity contribution in [2.45, 2.75) is 71.9 Å². The van der Waals surface area contributed by atoms with Gasteiger partial charge in [0.05, 0.1) is 6.54 Å². The highest BCUT2D eigenvalue weighted by molar-refractivity contribution is 7.11. The largest absolute Gasteiger partial charge is 0.354 e. The Bertz CT molecular complexity index is 414. The topological polar surface area (TPSA) is 49.3 Å². The number of aromatic nitrogens is 1. The zero-order valence-electron chi connectivity index (χ0n) is 13.9. The summed E-state index contributed by atoms with van der Waals surface area (Å²) in [7, 11) is 1.82. The maximum absolute atomic E-state index is 4.42. The highest BCUT2D eigenvalue weighted by Gasteiger charge is 2.06. The van der Waals surface area contributed by atoms with E-state index in [1.165, 1.54) is 37.0 Å². The van der Waals surface area contributed by atoms with Crippen LogP contribution in [0, 0.1) is 0 Å². The van der Waals surface area contributed by atoms with Crippen molar-refractivity contribution < 1.29 is 0 Å². The molecule has 0 aromatic carbocycles. The summed E-state index contributed by atoms with van der Waals surface area (Å²) in [6.45, 7) is 7.37. The molecule has 1 rings (SSSR count). The Morgan fingerprint density at radius 2 is 2.14 bits per heavy atom. The number of aliphatic imine (C=N–C) groups is 1. The molecular formula is C16H30N4S. The van der Waals surface area contributed by atoms with Crippen molar-refractivity contribution in [3.8, 4) is 0 Å². The van der Waals surface area contributed by atoms with Crippen LogP contribution in [-0.2, 0) is 13.0 Å². The van der Waals surface area contributed by atoms with Gasteiger partial charge in [0.15, 0.2) is 5.96 Å². The van der Waals surface area contributed by atoms with Gasteiger partial charge in [0, 0.05) is 24.2 Å². The van der Waals surface area contributed by atoms with Crippen molar-refractivity contribution >= 4 is 17.3 Å². The Labute approximate surface area is 133 Å². The van der Waals surface area contributed by atoms with Gasteiger partial charge in [-0.25, -0.2) is 4.98 Å². The summed E-state index contributed by atoms with van der Waals surface area (Å²) in [5.41, 5.74) is 0. The fourth-order valence-corrected chi connectivity index (χ4v) is 2.93. The maximum atomic E-state index is 4.42. The van der Waals surface area contributed by atoms with Gasteiger partial charge in [-0.15, -0.1) is 11.3 Å². The summed E-state index contributed by atoms with van der Waals surface area (Å²) in [4.78, 5) is 10.0.